The fraction of sp³-hybridized carbons (Fsp3) is 0.579. The normalized spacial score (nSPS) is 14.5. The van der Waals surface area contributed by atoms with Crippen LogP contribution >= 0.6 is 0 Å². The molecule has 2 rings (SSSR count). The fourth-order valence-corrected chi connectivity index (χ4v) is 2.91. The van der Waals surface area contributed by atoms with Crippen molar-refractivity contribution < 1.29 is 4.74 Å². The maximum atomic E-state index is 5.79. The molecule has 0 fully saturated rings. The maximum absolute atomic E-state index is 5.79. The van der Waals surface area contributed by atoms with Crippen LogP contribution in [0, 0.1) is 0 Å². The summed E-state index contributed by atoms with van der Waals surface area (Å²) in [6.45, 7) is 8.62. The van der Waals surface area contributed by atoms with Gasteiger partial charge in [-0.15, -0.1) is 6.58 Å². The van der Waals surface area contributed by atoms with Crippen LogP contribution in [0.25, 0.3) is 0 Å². The summed E-state index contributed by atoms with van der Waals surface area (Å²) in [5.74, 6) is 1.06. The van der Waals surface area contributed by atoms with Gasteiger partial charge in [0.2, 0.25) is 0 Å². The second-order valence-corrected chi connectivity index (χ2v) is 6.03. The smallest absolute Gasteiger partial charge is 0.142 e. The Morgan fingerprint density at radius 1 is 1.19 bits per heavy atom. The zero-order valence-electron chi connectivity index (χ0n) is 13.4. The minimum Gasteiger partial charge on any atom is -0.478 e. The van der Waals surface area contributed by atoms with Gasteiger partial charge >= 0.3 is 0 Å². The van der Waals surface area contributed by atoms with Crippen LogP contribution in [0.4, 0.5) is 0 Å². The Labute approximate surface area is 129 Å². The van der Waals surface area contributed by atoms with Gasteiger partial charge in [0.05, 0.1) is 0 Å². The first-order chi connectivity index (χ1) is 10.3. The van der Waals surface area contributed by atoms with Crippen molar-refractivity contribution in [2.45, 2.75) is 58.4 Å². The molecule has 0 N–H and O–H groups in total. The minimum atomic E-state index is 0.676. The summed E-state index contributed by atoms with van der Waals surface area (Å²) in [5.41, 5.74) is 2.78. The van der Waals surface area contributed by atoms with Crippen LogP contribution in [0.1, 0.15) is 56.6 Å². The second-order valence-electron chi connectivity index (χ2n) is 6.03. The second kappa shape index (κ2) is 8.89. The molecule has 0 aliphatic carbocycles. The van der Waals surface area contributed by atoms with Crippen molar-refractivity contribution in [2.24, 2.45) is 0 Å². The number of hydrogen-bond donors (Lipinski definition) is 0. The van der Waals surface area contributed by atoms with Gasteiger partial charge in [-0.2, -0.15) is 0 Å². The molecule has 2 nitrogen and oxygen atoms in total. The van der Waals surface area contributed by atoms with Crippen LogP contribution in [-0.4, -0.2) is 18.2 Å². The van der Waals surface area contributed by atoms with E-state index in [0.717, 1.165) is 18.8 Å². The van der Waals surface area contributed by atoms with E-state index in [-0.39, 0.29) is 0 Å². The lowest BCUT2D eigenvalue weighted by atomic mass is 10.0. The molecular weight excluding hydrogens is 258 g/mol. The van der Waals surface area contributed by atoms with Crippen LogP contribution < -0.4 is 4.74 Å². The Hall–Kier alpha value is -1.28. The minimum absolute atomic E-state index is 0.676. The predicted molar refractivity (Wildman–Crippen MR) is 89.6 cm³/mol. The summed E-state index contributed by atoms with van der Waals surface area (Å²) in [6, 6.07) is 6.71. The molecule has 0 radical (unpaired) electrons. The van der Waals surface area contributed by atoms with Crippen LogP contribution in [0.15, 0.2) is 30.9 Å². The molecule has 1 aromatic rings. The third-order valence-corrected chi connectivity index (χ3v) is 4.13. The van der Waals surface area contributed by atoms with Gasteiger partial charge in [0.15, 0.2) is 0 Å². The first kappa shape index (κ1) is 16.1. The molecule has 1 aliphatic rings. The van der Waals surface area contributed by atoms with Crippen molar-refractivity contribution >= 4 is 0 Å². The number of rotatable bonds is 9. The first-order valence-electron chi connectivity index (χ1n) is 8.41. The third-order valence-electron chi connectivity index (χ3n) is 4.13. The van der Waals surface area contributed by atoms with E-state index in [2.05, 4.69) is 36.6 Å². The first-order valence-corrected chi connectivity index (χ1v) is 8.41. The number of unbranched alkanes of at least 4 members (excludes halogenated alkanes) is 5. The van der Waals surface area contributed by atoms with E-state index in [1.165, 1.54) is 56.1 Å². The summed E-state index contributed by atoms with van der Waals surface area (Å²) in [7, 11) is 0. The summed E-state index contributed by atoms with van der Waals surface area (Å²) < 4.78 is 5.79. The number of fused-ring (bicyclic) bond motifs is 1. The van der Waals surface area contributed by atoms with Crippen molar-refractivity contribution in [1.82, 2.24) is 4.90 Å². The number of hydrogen-bond acceptors (Lipinski definition) is 2. The van der Waals surface area contributed by atoms with Gasteiger partial charge in [0.25, 0.3) is 0 Å². The molecule has 0 unspecified atom stereocenters. The van der Waals surface area contributed by atoms with E-state index in [4.69, 9.17) is 4.74 Å². The summed E-state index contributed by atoms with van der Waals surface area (Å²) in [5, 5.41) is 0. The van der Waals surface area contributed by atoms with Crippen LogP contribution in [0.5, 0.6) is 5.75 Å². The molecule has 0 spiro atoms. The molecule has 116 valence electrons. The van der Waals surface area contributed by atoms with Gasteiger partial charge in [-0.05, 0) is 24.5 Å². The van der Waals surface area contributed by atoms with E-state index >= 15 is 0 Å². The molecule has 0 saturated carbocycles. The average molecular weight is 287 g/mol. The standard InChI is InChI=1S/C19H29NO/c1-3-5-6-7-8-9-10-17-11-12-19-18(14-17)15-20(13-4-2)16-21-19/h4,11-12,14H,2-3,5-10,13,15-16H2,1H3. The van der Waals surface area contributed by atoms with Crippen LogP contribution in [0.2, 0.25) is 0 Å². The van der Waals surface area contributed by atoms with Gasteiger partial charge in [0, 0.05) is 18.7 Å². The van der Waals surface area contributed by atoms with Gasteiger partial charge < -0.3 is 4.74 Å². The molecule has 0 atom stereocenters. The molecule has 21 heavy (non-hydrogen) atoms. The summed E-state index contributed by atoms with van der Waals surface area (Å²) in [6.07, 6.45) is 11.3. The van der Waals surface area contributed by atoms with E-state index < -0.39 is 0 Å². The lowest BCUT2D eigenvalue weighted by Crippen LogP contribution is -2.32. The molecule has 0 amide bonds. The predicted octanol–water partition coefficient (Wildman–Crippen LogP) is 4.93. The fourth-order valence-electron chi connectivity index (χ4n) is 2.91. The molecule has 1 aromatic carbocycles. The van der Waals surface area contributed by atoms with Gasteiger partial charge in [-0.1, -0.05) is 57.2 Å². The van der Waals surface area contributed by atoms with Crippen molar-refractivity contribution in [3.63, 3.8) is 0 Å². The highest BCUT2D eigenvalue weighted by molar-refractivity contribution is 5.38. The van der Waals surface area contributed by atoms with Gasteiger partial charge in [-0.25, -0.2) is 0 Å². The number of benzene rings is 1. The Balaban J connectivity index is 1.80. The van der Waals surface area contributed by atoms with E-state index in [9.17, 15) is 0 Å². The molecule has 2 heteroatoms. The SMILES string of the molecule is C=CCN1COc2ccc(CCCCCCCC)cc2C1. The number of aryl methyl sites for hydroxylation is 1. The Kier molecular flexibility index (Phi) is 6.81. The highest BCUT2D eigenvalue weighted by Crippen LogP contribution is 2.26. The third kappa shape index (κ3) is 5.20. The highest BCUT2D eigenvalue weighted by atomic mass is 16.5. The molecule has 0 saturated heterocycles. The average Bonchev–Trinajstić information content (AvgIpc) is 2.51. The van der Waals surface area contributed by atoms with Crippen molar-refractivity contribution in [3.05, 3.63) is 42.0 Å². The molecule has 1 heterocycles. The Morgan fingerprint density at radius 2 is 2.00 bits per heavy atom. The van der Waals surface area contributed by atoms with Crippen LogP contribution in [-0.2, 0) is 13.0 Å². The lowest BCUT2D eigenvalue weighted by Gasteiger charge is -2.28. The Morgan fingerprint density at radius 3 is 2.81 bits per heavy atom. The molecule has 1 aliphatic heterocycles. The largest absolute Gasteiger partial charge is 0.478 e. The summed E-state index contributed by atoms with van der Waals surface area (Å²) >= 11 is 0. The van der Waals surface area contributed by atoms with Crippen molar-refractivity contribution in [3.8, 4) is 5.75 Å². The van der Waals surface area contributed by atoms with E-state index in [0.29, 0.717) is 6.73 Å². The zero-order valence-corrected chi connectivity index (χ0v) is 13.4. The van der Waals surface area contributed by atoms with Gasteiger partial charge in [0.1, 0.15) is 12.5 Å². The van der Waals surface area contributed by atoms with Crippen LogP contribution in [0.3, 0.4) is 0 Å². The topological polar surface area (TPSA) is 12.5 Å². The maximum Gasteiger partial charge on any atom is 0.142 e. The van der Waals surface area contributed by atoms with Crippen molar-refractivity contribution in [2.75, 3.05) is 13.3 Å². The molecule has 0 bridgehead atoms. The Bertz CT molecular complexity index is 441. The quantitative estimate of drug-likeness (QED) is 0.472. The van der Waals surface area contributed by atoms with E-state index in [1.54, 1.807) is 0 Å². The van der Waals surface area contributed by atoms with E-state index in [1.807, 2.05) is 6.08 Å². The van der Waals surface area contributed by atoms with Gasteiger partial charge in [-0.3, -0.25) is 4.90 Å². The number of ether oxygens (including phenoxy) is 1. The molecule has 0 aromatic heterocycles. The molecular formula is C19H29NO. The monoisotopic (exact) mass is 287 g/mol. The lowest BCUT2D eigenvalue weighted by molar-refractivity contribution is 0.107. The van der Waals surface area contributed by atoms with Crippen molar-refractivity contribution in [1.29, 1.82) is 0 Å². The summed E-state index contributed by atoms with van der Waals surface area (Å²) in [4.78, 5) is 2.27. The highest BCUT2D eigenvalue weighted by Gasteiger charge is 2.16. The zero-order chi connectivity index (χ0) is 14.9. The number of nitrogens with zero attached hydrogens (tertiary/aromatic N) is 1.